The summed E-state index contributed by atoms with van der Waals surface area (Å²) in [6.07, 6.45) is 2.14. The molecule has 0 bridgehead atoms. The highest BCUT2D eigenvalue weighted by Gasteiger charge is 2.22. The average molecular weight is 366 g/mol. The second kappa shape index (κ2) is 12.4. The Labute approximate surface area is 153 Å². The number of nitrogens with one attached hydrogen (secondary N) is 2. The molecule has 0 aromatic heterocycles. The van der Waals surface area contributed by atoms with E-state index in [1.807, 2.05) is 6.07 Å². The number of hydrogen-bond acceptors (Lipinski definition) is 5. The third kappa shape index (κ3) is 8.58. The maximum absolute atomic E-state index is 12.0. The topological polar surface area (TPSA) is 84.5 Å². The van der Waals surface area contributed by atoms with Crippen LogP contribution in [0.25, 0.3) is 0 Å². The smallest absolute Gasteiger partial charge is 0.329 e. The Bertz CT molecular complexity index is 551. The molecule has 0 saturated carbocycles. The highest BCUT2D eigenvalue weighted by Crippen LogP contribution is 2.08. The molecule has 0 fully saturated rings. The average Bonchev–Trinajstić information content (AvgIpc) is 2.63. The summed E-state index contributed by atoms with van der Waals surface area (Å²) in [4.78, 5) is 35.9. The molecule has 0 aliphatic rings. The highest BCUT2D eigenvalue weighted by atomic mass is 32.2. The van der Waals surface area contributed by atoms with Crippen LogP contribution in [-0.2, 0) is 14.3 Å². The van der Waals surface area contributed by atoms with Crippen molar-refractivity contribution in [2.24, 2.45) is 0 Å². The summed E-state index contributed by atoms with van der Waals surface area (Å²) < 4.78 is 5.00. The van der Waals surface area contributed by atoms with Crippen LogP contribution < -0.4 is 10.6 Å². The zero-order chi connectivity index (χ0) is 18.5. The normalized spacial score (nSPS) is 11.4. The summed E-state index contributed by atoms with van der Waals surface area (Å²) in [5.74, 6) is 0.179. The lowest BCUT2D eigenvalue weighted by Gasteiger charge is -2.17. The van der Waals surface area contributed by atoms with E-state index in [0.717, 1.165) is 18.6 Å². The molecule has 138 valence electrons. The zero-order valence-electron chi connectivity index (χ0n) is 14.7. The van der Waals surface area contributed by atoms with Crippen molar-refractivity contribution in [2.75, 3.05) is 24.7 Å². The molecule has 1 aromatic carbocycles. The summed E-state index contributed by atoms with van der Waals surface area (Å²) in [5, 5.41) is 5.18. The van der Waals surface area contributed by atoms with Crippen molar-refractivity contribution in [2.45, 2.75) is 32.7 Å². The molecule has 1 rings (SSSR count). The molecule has 0 spiro atoms. The van der Waals surface area contributed by atoms with E-state index < -0.39 is 17.9 Å². The van der Waals surface area contributed by atoms with Gasteiger partial charge in [-0.1, -0.05) is 31.5 Å². The molecule has 0 aliphatic carbocycles. The molecule has 0 saturated heterocycles. The van der Waals surface area contributed by atoms with E-state index >= 15 is 0 Å². The van der Waals surface area contributed by atoms with E-state index in [2.05, 4.69) is 17.6 Å². The molecule has 6 nitrogen and oxygen atoms in total. The minimum atomic E-state index is -0.706. The number of thioether (sulfide) groups is 1. The van der Waals surface area contributed by atoms with Gasteiger partial charge in [0.1, 0.15) is 6.04 Å². The van der Waals surface area contributed by atoms with Gasteiger partial charge in [-0.25, -0.2) is 4.79 Å². The van der Waals surface area contributed by atoms with Gasteiger partial charge in [0, 0.05) is 11.3 Å². The van der Waals surface area contributed by atoms with Crippen LogP contribution in [0, 0.1) is 0 Å². The number of hydrogen-bond donors (Lipinski definition) is 2. The van der Waals surface area contributed by atoms with Gasteiger partial charge in [0.2, 0.25) is 5.91 Å². The standard InChI is InChI=1S/C18H26N2O4S/c1-3-5-11-25-13-15(18(23)24-4-2)20-16(21)12-19-17(22)14-9-7-6-8-10-14/h6-10,15H,3-5,11-13H2,1-2H3,(H,19,22)(H,20,21)/t15-/m0/s1. The summed E-state index contributed by atoms with van der Waals surface area (Å²) in [6.45, 7) is 3.89. The predicted molar refractivity (Wildman–Crippen MR) is 99.6 cm³/mol. The number of esters is 1. The number of amides is 2. The van der Waals surface area contributed by atoms with E-state index in [-0.39, 0.29) is 19.1 Å². The largest absolute Gasteiger partial charge is 0.464 e. The Morgan fingerprint density at radius 2 is 1.88 bits per heavy atom. The van der Waals surface area contributed by atoms with Crippen molar-refractivity contribution in [1.29, 1.82) is 0 Å². The number of unbranched alkanes of at least 4 members (excludes halogenated alkanes) is 1. The van der Waals surface area contributed by atoms with Crippen LogP contribution in [-0.4, -0.2) is 48.5 Å². The second-order valence-electron chi connectivity index (χ2n) is 5.35. The Morgan fingerprint density at radius 3 is 2.52 bits per heavy atom. The van der Waals surface area contributed by atoms with Crippen LogP contribution in [0.15, 0.2) is 30.3 Å². The van der Waals surface area contributed by atoms with Crippen LogP contribution in [0.1, 0.15) is 37.0 Å². The van der Waals surface area contributed by atoms with Gasteiger partial charge >= 0.3 is 5.97 Å². The zero-order valence-corrected chi connectivity index (χ0v) is 15.6. The van der Waals surface area contributed by atoms with E-state index in [1.54, 1.807) is 43.0 Å². The number of ether oxygens (including phenoxy) is 1. The van der Waals surface area contributed by atoms with Crippen molar-refractivity contribution in [3.63, 3.8) is 0 Å². The maximum atomic E-state index is 12.0. The molecule has 25 heavy (non-hydrogen) atoms. The third-order valence-electron chi connectivity index (χ3n) is 3.28. The molecular weight excluding hydrogens is 340 g/mol. The number of benzene rings is 1. The first kappa shape index (κ1) is 21.0. The second-order valence-corrected chi connectivity index (χ2v) is 6.50. The minimum Gasteiger partial charge on any atom is -0.464 e. The van der Waals surface area contributed by atoms with Gasteiger partial charge in [0.15, 0.2) is 0 Å². The van der Waals surface area contributed by atoms with Crippen molar-refractivity contribution in [1.82, 2.24) is 10.6 Å². The SMILES string of the molecule is CCCCSC[C@H](NC(=O)CNC(=O)c1ccccc1)C(=O)OCC. The first-order valence-electron chi connectivity index (χ1n) is 8.45. The van der Waals surface area contributed by atoms with E-state index in [9.17, 15) is 14.4 Å². The van der Waals surface area contributed by atoms with Crippen LogP contribution in [0.4, 0.5) is 0 Å². The lowest BCUT2D eigenvalue weighted by Crippen LogP contribution is -2.47. The van der Waals surface area contributed by atoms with Crippen LogP contribution in [0.5, 0.6) is 0 Å². The fourth-order valence-electron chi connectivity index (χ4n) is 1.96. The Morgan fingerprint density at radius 1 is 1.16 bits per heavy atom. The van der Waals surface area contributed by atoms with Gasteiger partial charge in [-0.15, -0.1) is 0 Å². The number of carbonyl (C=O) groups is 3. The fourth-order valence-corrected chi connectivity index (χ4v) is 3.07. The van der Waals surface area contributed by atoms with Gasteiger partial charge in [0.25, 0.3) is 5.91 Å². The molecule has 2 amide bonds. The molecule has 0 radical (unpaired) electrons. The van der Waals surface area contributed by atoms with Crippen molar-refractivity contribution in [3.05, 3.63) is 35.9 Å². The molecule has 7 heteroatoms. The fraction of sp³-hybridized carbons (Fsp3) is 0.500. The van der Waals surface area contributed by atoms with Gasteiger partial charge in [-0.05, 0) is 31.2 Å². The molecule has 0 aliphatic heterocycles. The number of carbonyl (C=O) groups excluding carboxylic acids is 3. The maximum Gasteiger partial charge on any atom is 0.329 e. The van der Waals surface area contributed by atoms with Gasteiger partial charge in [-0.2, -0.15) is 11.8 Å². The molecular formula is C18H26N2O4S. The summed E-state index contributed by atoms with van der Waals surface area (Å²) in [5.41, 5.74) is 0.479. The monoisotopic (exact) mass is 366 g/mol. The first-order chi connectivity index (χ1) is 12.1. The van der Waals surface area contributed by atoms with Crippen molar-refractivity contribution >= 4 is 29.5 Å². The first-order valence-corrected chi connectivity index (χ1v) is 9.60. The lowest BCUT2D eigenvalue weighted by molar-refractivity contribution is -0.146. The Kier molecular flexibility index (Phi) is 10.4. The third-order valence-corrected chi connectivity index (χ3v) is 4.42. The van der Waals surface area contributed by atoms with Gasteiger partial charge < -0.3 is 15.4 Å². The molecule has 0 unspecified atom stereocenters. The van der Waals surface area contributed by atoms with E-state index in [1.165, 1.54) is 0 Å². The highest BCUT2D eigenvalue weighted by molar-refractivity contribution is 7.99. The lowest BCUT2D eigenvalue weighted by atomic mass is 10.2. The predicted octanol–water partition coefficient (Wildman–Crippen LogP) is 2.00. The van der Waals surface area contributed by atoms with Gasteiger partial charge in [0.05, 0.1) is 13.2 Å². The molecule has 1 aromatic rings. The van der Waals surface area contributed by atoms with Crippen molar-refractivity contribution in [3.8, 4) is 0 Å². The van der Waals surface area contributed by atoms with Gasteiger partial charge in [-0.3, -0.25) is 9.59 Å². The van der Waals surface area contributed by atoms with Crippen LogP contribution in [0.2, 0.25) is 0 Å². The molecule has 1 atom stereocenters. The van der Waals surface area contributed by atoms with E-state index in [4.69, 9.17) is 4.74 Å². The number of rotatable bonds is 11. The molecule has 0 heterocycles. The van der Waals surface area contributed by atoms with E-state index in [0.29, 0.717) is 11.3 Å². The summed E-state index contributed by atoms with van der Waals surface area (Å²) >= 11 is 1.60. The minimum absolute atomic E-state index is 0.191. The Balaban J connectivity index is 2.47. The van der Waals surface area contributed by atoms with Crippen LogP contribution in [0.3, 0.4) is 0 Å². The quantitative estimate of drug-likeness (QED) is 0.462. The molecule has 2 N–H and O–H groups in total. The Hall–Kier alpha value is -2.02. The van der Waals surface area contributed by atoms with Crippen molar-refractivity contribution < 1.29 is 19.1 Å². The summed E-state index contributed by atoms with van der Waals surface area (Å²) in [6, 6.07) is 7.93. The summed E-state index contributed by atoms with van der Waals surface area (Å²) in [7, 11) is 0. The van der Waals surface area contributed by atoms with Crippen LogP contribution >= 0.6 is 11.8 Å².